The standard InChI is InChI=1S/C16H22O2.O2S/c1-11-13(3)18-15(12(2)16(11)17)10-9-14-7-5-4-6-8-14;1-3-2/h4-13,15-17H,1-3H3;/b10-9+;/t11-,12+,13+,15-,16-;/m0./s1. The summed E-state index contributed by atoms with van der Waals surface area (Å²) in [7, 11) is 0. The van der Waals surface area contributed by atoms with Crippen LogP contribution in [0.1, 0.15) is 26.3 Å². The van der Waals surface area contributed by atoms with Crippen LogP contribution in [0.15, 0.2) is 36.4 Å². The molecule has 1 heterocycles. The fourth-order valence-corrected chi connectivity index (χ4v) is 2.44. The van der Waals surface area contributed by atoms with Crippen LogP contribution in [0, 0.1) is 11.8 Å². The molecular weight excluding hydrogens is 288 g/mol. The van der Waals surface area contributed by atoms with Crippen molar-refractivity contribution in [2.75, 3.05) is 0 Å². The fourth-order valence-electron chi connectivity index (χ4n) is 2.44. The van der Waals surface area contributed by atoms with Crippen molar-refractivity contribution < 1.29 is 18.3 Å². The largest absolute Gasteiger partial charge is 0.392 e. The Morgan fingerprint density at radius 3 is 2.24 bits per heavy atom. The maximum Gasteiger partial charge on any atom is 0.335 e. The average molecular weight is 310 g/mol. The molecule has 5 heteroatoms. The van der Waals surface area contributed by atoms with E-state index in [1.807, 2.05) is 39.0 Å². The highest BCUT2D eigenvalue weighted by atomic mass is 32.1. The predicted molar refractivity (Wildman–Crippen MR) is 83.1 cm³/mol. The van der Waals surface area contributed by atoms with Crippen molar-refractivity contribution in [3.63, 3.8) is 0 Å². The van der Waals surface area contributed by atoms with Crippen LogP contribution in [-0.4, -0.2) is 31.8 Å². The number of benzene rings is 1. The number of aliphatic hydroxyl groups is 1. The molecular formula is C16H22O4S. The lowest BCUT2D eigenvalue weighted by atomic mass is 9.83. The molecule has 1 aliphatic rings. The summed E-state index contributed by atoms with van der Waals surface area (Å²) in [4.78, 5) is 0. The molecule has 1 aliphatic heterocycles. The van der Waals surface area contributed by atoms with Gasteiger partial charge in [-0.05, 0) is 12.5 Å². The second kappa shape index (κ2) is 8.87. The van der Waals surface area contributed by atoms with Crippen LogP contribution in [0.2, 0.25) is 0 Å². The first-order valence-corrected chi connectivity index (χ1v) is 7.66. The van der Waals surface area contributed by atoms with Gasteiger partial charge in [0.25, 0.3) is 0 Å². The SMILES string of the molecule is C[C@@H]1[C@H](O)[C@H](C)[C@H](/C=C/c2ccccc2)O[C@@H]1C.O=S=O. The zero-order valence-electron chi connectivity index (χ0n) is 12.5. The summed E-state index contributed by atoms with van der Waals surface area (Å²) in [5.74, 6) is 0.331. The Morgan fingerprint density at radius 2 is 1.67 bits per heavy atom. The van der Waals surface area contributed by atoms with Crippen LogP contribution in [0.25, 0.3) is 6.08 Å². The van der Waals surface area contributed by atoms with E-state index in [0.29, 0.717) is 0 Å². The molecule has 0 aliphatic carbocycles. The van der Waals surface area contributed by atoms with Gasteiger partial charge in [-0.25, -0.2) is 0 Å². The molecule has 0 radical (unpaired) electrons. The van der Waals surface area contributed by atoms with Gasteiger partial charge in [-0.1, -0.05) is 56.3 Å². The lowest BCUT2D eigenvalue weighted by Gasteiger charge is -2.40. The van der Waals surface area contributed by atoms with Gasteiger partial charge in [0.05, 0.1) is 18.3 Å². The first kappa shape index (κ1) is 17.8. The quantitative estimate of drug-likeness (QED) is 0.911. The highest BCUT2D eigenvalue weighted by Gasteiger charge is 2.37. The molecule has 1 fully saturated rings. The Balaban J connectivity index is 0.000000677. The molecule has 2 rings (SSSR count). The lowest BCUT2D eigenvalue weighted by molar-refractivity contribution is -0.139. The van der Waals surface area contributed by atoms with Gasteiger partial charge < -0.3 is 9.84 Å². The van der Waals surface area contributed by atoms with Gasteiger partial charge in [0.2, 0.25) is 0 Å². The van der Waals surface area contributed by atoms with Gasteiger partial charge in [0, 0.05) is 11.8 Å². The molecule has 0 aromatic heterocycles. The highest BCUT2D eigenvalue weighted by Crippen LogP contribution is 2.30. The molecule has 4 nitrogen and oxygen atoms in total. The van der Waals surface area contributed by atoms with E-state index in [2.05, 4.69) is 24.3 Å². The summed E-state index contributed by atoms with van der Waals surface area (Å²) in [5.41, 5.74) is 1.16. The zero-order valence-corrected chi connectivity index (χ0v) is 13.3. The molecule has 5 atom stereocenters. The Kier molecular flexibility index (Phi) is 7.50. The zero-order chi connectivity index (χ0) is 15.8. The predicted octanol–water partition coefficient (Wildman–Crippen LogP) is 2.45. The number of hydrogen-bond donors (Lipinski definition) is 1. The average Bonchev–Trinajstić information content (AvgIpc) is 2.49. The minimum absolute atomic E-state index is 0.00796. The second-order valence-electron chi connectivity index (χ2n) is 5.35. The first-order valence-electron chi connectivity index (χ1n) is 6.99. The van der Waals surface area contributed by atoms with Crippen molar-refractivity contribution >= 4 is 17.6 Å². The van der Waals surface area contributed by atoms with Crippen molar-refractivity contribution in [1.29, 1.82) is 0 Å². The lowest BCUT2D eigenvalue weighted by Crippen LogP contribution is -2.47. The van der Waals surface area contributed by atoms with Crippen LogP contribution < -0.4 is 0 Å². The van der Waals surface area contributed by atoms with Crippen LogP contribution >= 0.6 is 0 Å². The highest BCUT2D eigenvalue weighted by molar-refractivity contribution is 7.51. The summed E-state index contributed by atoms with van der Waals surface area (Å²) in [5, 5.41) is 10.2. The van der Waals surface area contributed by atoms with Gasteiger partial charge in [0.1, 0.15) is 0 Å². The fraction of sp³-hybridized carbons (Fsp3) is 0.500. The van der Waals surface area contributed by atoms with E-state index >= 15 is 0 Å². The second-order valence-corrected chi connectivity index (χ2v) is 5.49. The summed E-state index contributed by atoms with van der Waals surface area (Å²) in [6, 6.07) is 10.2. The Morgan fingerprint density at radius 1 is 1.10 bits per heavy atom. The Bertz CT molecular complexity index is 482. The maximum absolute atomic E-state index is 10.2. The summed E-state index contributed by atoms with van der Waals surface area (Å²) >= 11 is -0.750. The van der Waals surface area contributed by atoms with Crippen LogP contribution in [0.3, 0.4) is 0 Å². The van der Waals surface area contributed by atoms with E-state index in [0.717, 1.165) is 5.56 Å². The monoisotopic (exact) mass is 310 g/mol. The van der Waals surface area contributed by atoms with Crippen molar-refractivity contribution in [2.45, 2.75) is 39.1 Å². The molecule has 0 saturated carbocycles. The van der Waals surface area contributed by atoms with E-state index in [-0.39, 0.29) is 30.1 Å². The third-order valence-electron chi connectivity index (χ3n) is 3.99. The summed E-state index contributed by atoms with van der Waals surface area (Å²) in [6.07, 6.45) is 3.93. The molecule has 116 valence electrons. The normalized spacial score (nSPS) is 32.3. The topological polar surface area (TPSA) is 63.6 Å². The Hall–Kier alpha value is -1.30. The minimum Gasteiger partial charge on any atom is -0.392 e. The van der Waals surface area contributed by atoms with E-state index in [1.54, 1.807) is 0 Å². The van der Waals surface area contributed by atoms with E-state index in [1.165, 1.54) is 0 Å². The molecule has 0 bridgehead atoms. The van der Waals surface area contributed by atoms with Crippen LogP contribution in [0.4, 0.5) is 0 Å². The third kappa shape index (κ3) is 5.19. The van der Waals surface area contributed by atoms with Crippen molar-refractivity contribution in [2.24, 2.45) is 11.8 Å². The molecule has 1 saturated heterocycles. The van der Waals surface area contributed by atoms with E-state index in [4.69, 9.17) is 13.2 Å². The van der Waals surface area contributed by atoms with Crippen molar-refractivity contribution in [3.8, 4) is 0 Å². The maximum atomic E-state index is 10.2. The minimum atomic E-state index is -0.750. The van der Waals surface area contributed by atoms with Gasteiger partial charge >= 0.3 is 11.6 Å². The van der Waals surface area contributed by atoms with Crippen LogP contribution in [0.5, 0.6) is 0 Å². The molecule has 1 aromatic carbocycles. The Labute approximate surface area is 129 Å². The van der Waals surface area contributed by atoms with Crippen molar-refractivity contribution in [1.82, 2.24) is 0 Å². The third-order valence-corrected chi connectivity index (χ3v) is 3.99. The molecule has 0 unspecified atom stereocenters. The number of ether oxygens (including phenoxy) is 1. The van der Waals surface area contributed by atoms with Gasteiger partial charge in [-0.3, -0.25) is 0 Å². The van der Waals surface area contributed by atoms with Crippen LogP contribution in [-0.2, 0) is 16.3 Å². The van der Waals surface area contributed by atoms with Crippen molar-refractivity contribution in [3.05, 3.63) is 42.0 Å². The number of aliphatic hydroxyl groups excluding tert-OH is 1. The molecule has 0 spiro atoms. The number of hydrogen-bond acceptors (Lipinski definition) is 4. The van der Waals surface area contributed by atoms with Gasteiger partial charge in [-0.15, -0.1) is 0 Å². The van der Waals surface area contributed by atoms with E-state index in [9.17, 15) is 5.11 Å². The summed E-state index contributed by atoms with van der Waals surface area (Å²) in [6.45, 7) is 6.12. The molecule has 21 heavy (non-hydrogen) atoms. The first-order chi connectivity index (χ1) is 10.0. The molecule has 0 amide bonds. The van der Waals surface area contributed by atoms with Gasteiger partial charge in [0.15, 0.2) is 0 Å². The molecule has 1 N–H and O–H groups in total. The smallest absolute Gasteiger partial charge is 0.335 e. The van der Waals surface area contributed by atoms with Gasteiger partial charge in [-0.2, -0.15) is 8.42 Å². The van der Waals surface area contributed by atoms with E-state index < -0.39 is 11.6 Å². The summed E-state index contributed by atoms with van der Waals surface area (Å²) < 4.78 is 22.5. The number of rotatable bonds is 2. The molecule has 1 aromatic rings.